The third kappa shape index (κ3) is 4.61. The highest BCUT2D eigenvalue weighted by atomic mass is 35.5. The van der Waals surface area contributed by atoms with Gasteiger partial charge in [0.15, 0.2) is 5.17 Å². The van der Waals surface area contributed by atoms with Gasteiger partial charge in [-0.05, 0) is 48.2 Å². The molecule has 2 heterocycles. The Kier molecular flexibility index (Phi) is 6.44. The molecular weight excluding hydrogens is 448 g/mol. The standard InChI is InChI=1S/C23H15ClN4O3S/c24-18-15-25-14-13-19(18)26-23-27(17-9-2-1-3-10-17)22(29)21(32-23)12-6-8-16-7-4-5-11-20(16)28(30)31/h1-15H/b8-6+,21-12-,26-23?. The number of para-hydroxylation sites is 2. The number of carbonyl (C=O) groups is 1. The van der Waals surface area contributed by atoms with Gasteiger partial charge in [0.05, 0.1) is 31.8 Å². The first-order valence-electron chi connectivity index (χ1n) is 9.42. The molecule has 7 nitrogen and oxygen atoms in total. The van der Waals surface area contributed by atoms with Crippen LogP contribution in [-0.2, 0) is 4.79 Å². The molecule has 9 heteroatoms. The summed E-state index contributed by atoms with van der Waals surface area (Å²) in [6, 6.07) is 17.2. The predicted octanol–water partition coefficient (Wildman–Crippen LogP) is 6.01. The second-order valence-electron chi connectivity index (χ2n) is 6.51. The Hall–Kier alpha value is -3.75. The van der Waals surface area contributed by atoms with Crippen molar-refractivity contribution in [3.8, 4) is 0 Å². The van der Waals surface area contributed by atoms with E-state index < -0.39 is 4.92 Å². The SMILES string of the molecule is O=C1/C(=C/C=C/c2ccccc2[N+](=O)[O-])SC(=Nc2ccncc2Cl)N1c1ccccc1. The van der Waals surface area contributed by atoms with Gasteiger partial charge in [0.25, 0.3) is 11.6 Å². The van der Waals surface area contributed by atoms with Gasteiger partial charge in [-0.1, -0.05) is 48.0 Å². The first-order chi connectivity index (χ1) is 15.5. The van der Waals surface area contributed by atoms with Crippen LogP contribution in [0.3, 0.4) is 0 Å². The van der Waals surface area contributed by atoms with Gasteiger partial charge in [-0.25, -0.2) is 4.99 Å². The van der Waals surface area contributed by atoms with Crippen LogP contribution in [-0.4, -0.2) is 21.0 Å². The van der Waals surface area contributed by atoms with Crippen molar-refractivity contribution in [3.63, 3.8) is 0 Å². The Balaban J connectivity index is 1.70. The molecule has 1 saturated heterocycles. The van der Waals surface area contributed by atoms with Crippen molar-refractivity contribution in [2.45, 2.75) is 0 Å². The summed E-state index contributed by atoms with van der Waals surface area (Å²) in [6.45, 7) is 0. The van der Waals surface area contributed by atoms with E-state index in [0.29, 0.717) is 32.0 Å². The molecule has 0 saturated carbocycles. The number of anilines is 1. The average molecular weight is 463 g/mol. The number of carbonyl (C=O) groups excluding carboxylic acids is 1. The zero-order valence-electron chi connectivity index (χ0n) is 16.5. The molecule has 3 aromatic rings. The number of allylic oxidation sites excluding steroid dienone is 2. The Morgan fingerprint density at radius 3 is 2.59 bits per heavy atom. The van der Waals surface area contributed by atoms with Gasteiger partial charge in [0.2, 0.25) is 0 Å². The average Bonchev–Trinajstić information content (AvgIpc) is 3.11. The molecular formula is C23H15ClN4O3S. The molecule has 0 atom stereocenters. The van der Waals surface area contributed by atoms with Crippen LogP contribution in [0.5, 0.6) is 0 Å². The Morgan fingerprint density at radius 2 is 1.84 bits per heavy atom. The number of halogens is 1. The predicted molar refractivity (Wildman–Crippen MR) is 128 cm³/mol. The second-order valence-corrected chi connectivity index (χ2v) is 7.92. The highest BCUT2D eigenvalue weighted by Crippen LogP contribution is 2.37. The Bertz CT molecular complexity index is 1270. The van der Waals surface area contributed by atoms with E-state index >= 15 is 0 Å². The van der Waals surface area contributed by atoms with E-state index in [1.54, 1.807) is 48.7 Å². The minimum absolute atomic E-state index is 0.00644. The highest BCUT2D eigenvalue weighted by Gasteiger charge is 2.34. The van der Waals surface area contributed by atoms with E-state index in [1.165, 1.54) is 28.9 Å². The minimum Gasteiger partial charge on any atom is -0.268 e. The molecule has 4 rings (SSSR count). The highest BCUT2D eigenvalue weighted by molar-refractivity contribution is 8.19. The van der Waals surface area contributed by atoms with E-state index in [-0.39, 0.29) is 11.6 Å². The maximum atomic E-state index is 13.2. The maximum absolute atomic E-state index is 13.2. The van der Waals surface area contributed by atoms with Gasteiger partial charge in [-0.3, -0.25) is 24.8 Å². The fourth-order valence-corrected chi connectivity index (χ4v) is 4.07. The number of nitro benzene ring substituents is 1. The molecule has 2 aromatic carbocycles. The van der Waals surface area contributed by atoms with Crippen LogP contribution in [0.1, 0.15) is 5.56 Å². The number of hydrogen-bond donors (Lipinski definition) is 0. The number of benzene rings is 2. The van der Waals surface area contributed by atoms with Gasteiger partial charge >= 0.3 is 0 Å². The number of pyridine rings is 1. The molecule has 0 unspecified atom stereocenters. The number of hydrogen-bond acceptors (Lipinski definition) is 6. The molecule has 0 aliphatic carbocycles. The van der Waals surface area contributed by atoms with Crippen LogP contribution < -0.4 is 4.90 Å². The monoisotopic (exact) mass is 462 g/mol. The number of aromatic nitrogens is 1. The lowest BCUT2D eigenvalue weighted by Gasteiger charge is -2.15. The molecule has 158 valence electrons. The second kappa shape index (κ2) is 9.59. The topological polar surface area (TPSA) is 88.7 Å². The lowest BCUT2D eigenvalue weighted by atomic mass is 10.1. The van der Waals surface area contributed by atoms with Gasteiger partial charge in [-0.2, -0.15) is 0 Å². The van der Waals surface area contributed by atoms with Crippen molar-refractivity contribution >= 4 is 57.6 Å². The van der Waals surface area contributed by atoms with Gasteiger partial charge in [-0.15, -0.1) is 0 Å². The molecule has 1 aromatic heterocycles. The smallest absolute Gasteiger partial charge is 0.268 e. The summed E-state index contributed by atoms with van der Waals surface area (Å²) < 4.78 is 0. The van der Waals surface area contributed by atoms with Crippen molar-refractivity contribution in [1.82, 2.24) is 4.98 Å². The number of nitro groups is 1. The third-order valence-corrected chi connectivity index (χ3v) is 5.72. The Labute approximate surface area is 192 Å². The summed E-state index contributed by atoms with van der Waals surface area (Å²) in [5.41, 5.74) is 1.60. The molecule has 32 heavy (non-hydrogen) atoms. The molecule has 0 N–H and O–H groups in total. The summed E-state index contributed by atoms with van der Waals surface area (Å²) in [6.07, 6.45) is 7.90. The van der Waals surface area contributed by atoms with E-state index in [0.717, 1.165) is 0 Å². The lowest BCUT2D eigenvalue weighted by Crippen LogP contribution is -2.28. The van der Waals surface area contributed by atoms with E-state index in [4.69, 9.17) is 11.6 Å². The largest absolute Gasteiger partial charge is 0.276 e. The maximum Gasteiger partial charge on any atom is 0.276 e. The zero-order valence-corrected chi connectivity index (χ0v) is 18.0. The van der Waals surface area contributed by atoms with Gasteiger partial charge in [0, 0.05) is 18.5 Å². The van der Waals surface area contributed by atoms with E-state index in [2.05, 4.69) is 9.98 Å². The molecule has 0 radical (unpaired) electrons. The quantitative estimate of drug-likeness (QED) is 0.263. The number of nitrogens with zero attached hydrogens (tertiary/aromatic N) is 4. The van der Waals surface area contributed by atoms with Crippen molar-refractivity contribution in [2.75, 3.05) is 4.90 Å². The van der Waals surface area contributed by atoms with Crippen molar-refractivity contribution in [1.29, 1.82) is 0 Å². The lowest BCUT2D eigenvalue weighted by molar-refractivity contribution is -0.385. The van der Waals surface area contributed by atoms with Gasteiger partial charge in [0.1, 0.15) is 0 Å². The Morgan fingerprint density at radius 1 is 1.09 bits per heavy atom. The third-order valence-electron chi connectivity index (χ3n) is 4.44. The first-order valence-corrected chi connectivity index (χ1v) is 10.6. The summed E-state index contributed by atoms with van der Waals surface area (Å²) in [5, 5.41) is 12.0. The van der Waals surface area contributed by atoms with Gasteiger partial charge < -0.3 is 0 Å². The van der Waals surface area contributed by atoms with E-state index in [9.17, 15) is 14.9 Å². The molecule has 0 spiro atoms. The summed E-state index contributed by atoms with van der Waals surface area (Å²) in [7, 11) is 0. The summed E-state index contributed by atoms with van der Waals surface area (Å²) in [4.78, 5) is 34.4. The zero-order chi connectivity index (χ0) is 22.5. The number of rotatable bonds is 5. The van der Waals surface area contributed by atoms with Crippen LogP contribution >= 0.6 is 23.4 Å². The van der Waals surface area contributed by atoms with Crippen LogP contribution in [0.2, 0.25) is 5.02 Å². The van der Waals surface area contributed by atoms with Crippen LogP contribution in [0.25, 0.3) is 6.08 Å². The number of aliphatic imine (C=N–C) groups is 1. The van der Waals surface area contributed by atoms with Crippen LogP contribution in [0.15, 0.2) is 95.1 Å². The molecule has 1 fully saturated rings. The fourth-order valence-electron chi connectivity index (χ4n) is 2.96. The molecule has 1 aliphatic rings. The number of amidine groups is 1. The van der Waals surface area contributed by atoms with Crippen molar-refractivity contribution in [3.05, 3.63) is 111 Å². The first kappa shape index (κ1) is 21.5. The minimum atomic E-state index is -0.442. The molecule has 0 bridgehead atoms. The number of amides is 1. The molecule has 1 aliphatic heterocycles. The normalized spacial score (nSPS) is 16.4. The molecule has 1 amide bonds. The fraction of sp³-hybridized carbons (Fsp3) is 0. The summed E-state index contributed by atoms with van der Waals surface area (Å²) in [5.74, 6) is -0.252. The van der Waals surface area contributed by atoms with Crippen molar-refractivity contribution in [2.24, 2.45) is 4.99 Å². The number of thioether (sulfide) groups is 1. The van der Waals surface area contributed by atoms with Crippen LogP contribution in [0, 0.1) is 10.1 Å². The van der Waals surface area contributed by atoms with E-state index in [1.807, 2.05) is 30.3 Å². The summed E-state index contributed by atoms with van der Waals surface area (Å²) >= 11 is 7.39. The van der Waals surface area contributed by atoms with Crippen molar-refractivity contribution < 1.29 is 9.72 Å². The van der Waals surface area contributed by atoms with Crippen LogP contribution in [0.4, 0.5) is 17.1 Å².